The van der Waals surface area contributed by atoms with Crippen LogP contribution in [0.1, 0.15) is 17.7 Å². The van der Waals surface area contributed by atoms with Gasteiger partial charge in [0.2, 0.25) is 5.95 Å². The highest BCUT2D eigenvalue weighted by atomic mass is 19.1. The number of nitrogens with two attached hydrogens (primary N) is 1. The molecule has 2 aromatic rings. The van der Waals surface area contributed by atoms with Crippen molar-refractivity contribution in [3.63, 3.8) is 0 Å². The summed E-state index contributed by atoms with van der Waals surface area (Å²) in [5.41, 5.74) is 5.29. The Morgan fingerprint density at radius 2 is 2.11 bits per heavy atom. The van der Waals surface area contributed by atoms with Gasteiger partial charge in [-0.3, -0.25) is 0 Å². The summed E-state index contributed by atoms with van der Waals surface area (Å²) in [5, 5.41) is 2.99. The number of hydrogen-bond donors (Lipinski definition) is 3. The molecular formula is C13H14FN5. The molecule has 6 heteroatoms. The van der Waals surface area contributed by atoms with Gasteiger partial charge in [0.05, 0.1) is 5.69 Å². The van der Waals surface area contributed by atoms with Crippen LogP contribution in [-0.4, -0.2) is 9.97 Å². The molecule has 0 bridgehead atoms. The fraction of sp³-hybridized carbons (Fsp3) is 0.231. The minimum atomic E-state index is -0.302. The molecule has 0 radical (unpaired) electrons. The maximum atomic E-state index is 13.1. The number of nitrogen functional groups attached to an aromatic ring is 1. The molecule has 98 valence electrons. The first-order valence-electron chi connectivity index (χ1n) is 6.15. The molecule has 1 heterocycles. The van der Waals surface area contributed by atoms with Crippen molar-refractivity contribution in [2.24, 2.45) is 5.84 Å². The zero-order chi connectivity index (χ0) is 13.2. The summed E-state index contributed by atoms with van der Waals surface area (Å²) in [6, 6.07) is 6.18. The van der Waals surface area contributed by atoms with Gasteiger partial charge in [0.15, 0.2) is 0 Å². The van der Waals surface area contributed by atoms with Gasteiger partial charge in [0.1, 0.15) is 11.6 Å². The summed E-state index contributed by atoms with van der Waals surface area (Å²) < 4.78 is 13.1. The van der Waals surface area contributed by atoms with Gasteiger partial charge in [0, 0.05) is 11.3 Å². The quantitative estimate of drug-likeness (QED) is 0.581. The number of hydrazine groups is 1. The lowest BCUT2D eigenvalue weighted by Crippen LogP contribution is -2.13. The van der Waals surface area contributed by atoms with Gasteiger partial charge in [-0.25, -0.2) is 15.2 Å². The minimum Gasteiger partial charge on any atom is -0.324 e. The van der Waals surface area contributed by atoms with Crippen LogP contribution in [0, 0.1) is 5.82 Å². The first-order valence-corrected chi connectivity index (χ1v) is 6.15. The van der Waals surface area contributed by atoms with Crippen LogP contribution in [0.2, 0.25) is 0 Å². The number of aryl methyl sites for hydroxylation is 1. The van der Waals surface area contributed by atoms with Gasteiger partial charge >= 0.3 is 0 Å². The number of nitrogens with zero attached hydrogens (tertiary/aromatic N) is 2. The first kappa shape index (κ1) is 11.9. The van der Waals surface area contributed by atoms with Crippen LogP contribution in [-0.2, 0) is 12.8 Å². The van der Waals surface area contributed by atoms with Crippen LogP contribution >= 0.6 is 0 Å². The van der Waals surface area contributed by atoms with E-state index < -0.39 is 0 Å². The molecule has 1 aliphatic carbocycles. The smallest absolute Gasteiger partial charge is 0.229 e. The van der Waals surface area contributed by atoms with Crippen LogP contribution in [0.25, 0.3) is 0 Å². The maximum absolute atomic E-state index is 13.1. The second-order valence-electron chi connectivity index (χ2n) is 4.45. The molecule has 3 rings (SSSR count). The Bertz CT molecular complexity index is 614. The van der Waals surface area contributed by atoms with Crippen molar-refractivity contribution in [3.05, 3.63) is 41.3 Å². The molecule has 1 aromatic carbocycles. The molecule has 1 aliphatic rings. The molecule has 0 atom stereocenters. The molecule has 0 fully saturated rings. The summed E-state index contributed by atoms with van der Waals surface area (Å²) >= 11 is 0. The Kier molecular flexibility index (Phi) is 3.00. The third kappa shape index (κ3) is 2.34. The van der Waals surface area contributed by atoms with E-state index in [0.29, 0.717) is 17.5 Å². The molecule has 0 saturated heterocycles. The lowest BCUT2D eigenvalue weighted by atomic mass is 10.2. The fourth-order valence-electron chi connectivity index (χ4n) is 2.30. The minimum absolute atomic E-state index is 0.302. The van der Waals surface area contributed by atoms with E-state index in [4.69, 9.17) is 5.84 Å². The standard InChI is InChI=1S/C13H14FN5/c14-8-3-1-4-9(7-8)16-13-17-11-6-2-5-10(11)12(18-13)19-15/h1,3-4,7H,2,5-6,15H2,(H2,16,17,18,19). The third-order valence-corrected chi connectivity index (χ3v) is 3.15. The van der Waals surface area contributed by atoms with Crippen molar-refractivity contribution in [2.75, 3.05) is 10.7 Å². The molecule has 0 spiro atoms. The zero-order valence-corrected chi connectivity index (χ0v) is 10.3. The highest BCUT2D eigenvalue weighted by Crippen LogP contribution is 2.27. The summed E-state index contributed by atoms with van der Waals surface area (Å²) in [5.74, 6) is 6.25. The molecule has 0 saturated carbocycles. The Morgan fingerprint density at radius 1 is 1.21 bits per heavy atom. The summed E-state index contributed by atoms with van der Waals surface area (Å²) in [6.45, 7) is 0. The van der Waals surface area contributed by atoms with Gasteiger partial charge in [-0.05, 0) is 37.5 Å². The van der Waals surface area contributed by atoms with Crippen LogP contribution in [0.5, 0.6) is 0 Å². The van der Waals surface area contributed by atoms with Crippen LogP contribution in [0.4, 0.5) is 21.8 Å². The van der Waals surface area contributed by atoms with Gasteiger partial charge in [-0.15, -0.1) is 0 Å². The second-order valence-corrected chi connectivity index (χ2v) is 4.45. The van der Waals surface area contributed by atoms with Crippen LogP contribution in [0.3, 0.4) is 0 Å². The largest absolute Gasteiger partial charge is 0.324 e. The van der Waals surface area contributed by atoms with E-state index in [1.807, 2.05) is 0 Å². The number of nitrogens with one attached hydrogen (secondary N) is 2. The SMILES string of the molecule is NNc1nc(Nc2cccc(F)c2)nc2c1CCC2. The highest BCUT2D eigenvalue weighted by Gasteiger charge is 2.18. The van der Waals surface area contributed by atoms with Crippen molar-refractivity contribution in [1.82, 2.24) is 9.97 Å². The van der Waals surface area contributed by atoms with Crippen molar-refractivity contribution >= 4 is 17.5 Å². The molecule has 1 aromatic heterocycles. The Hall–Kier alpha value is -2.21. The van der Waals surface area contributed by atoms with Crippen LogP contribution < -0.4 is 16.6 Å². The number of anilines is 3. The predicted octanol–water partition coefficient (Wildman–Crippen LogP) is 2.13. The van der Waals surface area contributed by atoms with E-state index in [2.05, 4.69) is 20.7 Å². The van der Waals surface area contributed by atoms with Gasteiger partial charge in [-0.2, -0.15) is 4.98 Å². The van der Waals surface area contributed by atoms with E-state index >= 15 is 0 Å². The molecular weight excluding hydrogens is 245 g/mol. The van der Waals surface area contributed by atoms with Crippen molar-refractivity contribution < 1.29 is 4.39 Å². The molecule has 4 N–H and O–H groups in total. The predicted molar refractivity (Wildman–Crippen MR) is 71.5 cm³/mol. The maximum Gasteiger partial charge on any atom is 0.229 e. The van der Waals surface area contributed by atoms with Crippen molar-refractivity contribution in [3.8, 4) is 0 Å². The monoisotopic (exact) mass is 259 g/mol. The third-order valence-electron chi connectivity index (χ3n) is 3.15. The second kappa shape index (κ2) is 4.81. The molecule has 0 aliphatic heterocycles. The summed E-state index contributed by atoms with van der Waals surface area (Å²) in [6.07, 6.45) is 2.92. The summed E-state index contributed by atoms with van der Waals surface area (Å²) in [7, 11) is 0. The number of aromatic nitrogens is 2. The van der Waals surface area contributed by atoms with E-state index in [9.17, 15) is 4.39 Å². The molecule has 0 amide bonds. The number of fused-ring (bicyclic) bond motifs is 1. The Labute approximate surface area is 110 Å². The van der Waals surface area contributed by atoms with Crippen molar-refractivity contribution in [2.45, 2.75) is 19.3 Å². The molecule has 5 nitrogen and oxygen atoms in total. The summed E-state index contributed by atoms with van der Waals surface area (Å²) in [4.78, 5) is 8.75. The van der Waals surface area contributed by atoms with E-state index in [1.54, 1.807) is 12.1 Å². The zero-order valence-electron chi connectivity index (χ0n) is 10.3. The average Bonchev–Trinajstić information content (AvgIpc) is 2.86. The lowest BCUT2D eigenvalue weighted by molar-refractivity contribution is 0.628. The number of rotatable bonds is 3. The van der Waals surface area contributed by atoms with E-state index in [1.165, 1.54) is 12.1 Å². The van der Waals surface area contributed by atoms with Crippen molar-refractivity contribution in [1.29, 1.82) is 0 Å². The molecule has 19 heavy (non-hydrogen) atoms. The highest BCUT2D eigenvalue weighted by molar-refractivity contribution is 5.58. The normalized spacial score (nSPS) is 13.2. The first-order chi connectivity index (χ1) is 9.26. The molecule has 0 unspecified atom stereocenters. The van der Waals surface area contributed by atoms with E-state index in [0.717, 1.165) is 30.5 Å². The topological polar surface area (TPSA) is 75.9 Å². The van der Waals surface area contributed by atoms with Crippen LogP contribution in [0.15, 0.2) is 24.3 Å². The van der Waals surface area contributed by atoms with Gasteiger partial charge < -0.3 is 10.7 Å². The number of benzene rings is 1. The average molecular weight is 259 g/mol. The Balaban J connectivity index is 1.93. The number of hydrogen-bond acceptors (Lipinski definition) is 5. The lowest BCUT2D eigenvalue weighted by Gasteiger charge is -2.10. The van der Waals surface area contributed by atoms with E-state index in [-0.39, 0.29) is 5.82 Å². The Morgan fingerprint density at radius 3 is 2.89 bits per heavy atom. The van der Waals surface area contributed by atoms with Gasteiger partial charge in [0.25, 0.3) is 0 Å². The number of halogens is 1. The van der Waals surface area contributed by atoms with Gasteiger partial charge in [-0.1, -0.05) is 6.07 Å². The fourth-order valence-corrected chi connectivity index (χ4v) is 2.30.